The lowest BCUT2D eigenvalue weighted by atomic mass is 10.2. The van der Waals surface area contributed by atoms with Gasteiger partial charge < -0.3 is 10.2 Å². The first kappa shape index (κ1) is 12.7. The van der Waals surface area contributed by atoms with Gasteiger partial charge in [-0.2, -0.15) is 0 Å². The molecule has 1 saturated heterocycles. The predicted molar refractivity (Wildman–Crippen MR) is 66.3 cm³/mol. The van der Waals surface area contributed by atoms with Crippen molar-refractivity contribution >= 4 is 17.1 Å². The Morgan fingerprint density at radius 3 is 2.71 bits per heavy atom. The SMILES string of the molecule is O=C(CCCN1CC(O)C(O)C1)c1cccs1. The van der Waals surface area contributed by atoms with Gasteiger partial charge in [0.05, 0.1) is 17.1 Å². The lowest BCUT2D eigenvalue weighted by Gasteiger charge is -2.13. The molecule has 1 aliphatic rings. The highest BCUT2D eigenvalue weighted by atomic mass is 32.1. The van der Waals surface area contributed by atoms with Crippen LogP contribution in [0.4, 0.5) is 0 Å². The van der Waals surface area contributed by atoms with Crippen LogP contribution in [0.15, 0.2) is 17.5 Å². The van der Waals surface area contributed by atoms with Gasteiger partial charge in [0.25, 0.3) is 0 Å². The Kier molecular flexibility index (Phi) is 4.28. The van der Waals surface area contributed by atoms with Gasteiger partial charge in [-0.15, -0.1) is 11.3 Å². The number of thiophene rings is 1. The van der Waals surface area contributed by atoms with Crippen molar-refractivity contribution in [1.82, 2.24) is 4.90 Å². The molecule has 94 valence electrons. The van der Waals surface area contributed by atoms with Crippen molar-refractivity contribution in [2.75, 3.05) is 19.6 Å². The number of ketones is 1. The molecule has 2 rings (SSSR count). The van der Waals surface area contributed by atoms with Crippen LogP contribution in [0.2, 0.25) is 0 Å². The fourth-order valence-electron chi connectivity index (χ4n) is 2.05. The molecule has 0 aliphatic carbocycles. The molecule has 0 radical (unpaired) electrons. The number of β-amino-alcohol motifs (C(OH)–C–C–N with tert-alkyl or cyclic N) is 2. The third-order valence-electron chi connectivity index (χ3n) is 3.01. The summed E-state index contributed by atoms with van der Waals surface area (Å²) in [4.78, 5) is 14.5. The van der Waals surface area contributed by atoms with E-state index in [9.17, 15) is 15.0 Å². The summed E-state index contributed by atoms with van der Waals surface area (Å²) < 4.78 is 0. The average molecular weight is 255 g/mol. The van der Waals surface area contributed by atoms with E-state index >= 15 is 0 Å². The van der Waals surface area contributed by atoms with Gasteiger partial charge in [-0.25, -0.2) is 0 Å². The van der Waals surface area contributed by atoms with Crippen LogP contribution in [0.3, 0.4) is 0 Å². The molecule has 0 saturated carbocycles. The Balaban J connectivity index is 1.68. The van der Waals surface area contributed by atoms with Crippen LogP contribution < -0.4 is 0 Å². The summed E-state index contributed by atoms with van der Waals surface area (Å²) in [5.41, 5.74) is 0. The van der Waals surface area contributed by atoms with E-state index in [0.717, 1.165) is 17.8 Å². The van der Waals surface area contributed by atoms with Crippen molar-refractivity contribution in [2.45, 2.75) is 25.0 Å². The maximum Gasteiger partial charge on any atom is 0.172 e. The second kappa shape index (κ2) is 5.73. The zero-order valence-electron chi connectivity index (χ0n) is 9.58. The van der Waals surface area contributed by atoms with Crippen molar-refractivity contribution in [3.63, 3.8) is 0 Å². The largest absolute Gasteiger partial charge is 0.389 e. The summed E-state index contributed by atoms with van der Waals surface area (Å²) in [7, 11) is 0. The number of carbonyl (C=O) groups is 1. The number of carbonyl (C=O) groups excluding carboxylic acids is 1. The van der Waals surface area contributed by atoms with E-state index in [-0.39, 0.29) is 5.78 Å². The minimum atomic E-state index is -0.636. The highest BCUT2D eigenvalue weighted by molar-refractivity contribution is 7.12. The van der Waals surface area contributed by atoms with Crippen LogP contribution >= 0.6 is 11.3 Å². The summed E-state index contributed by atoms with van der Waals surface area (Å²) in [6.45, 7) is 1.77. The molecule has 2 unspecified atom stereocenters. The number of nitrogens with zero attached hydrogens (tertiary/aromatic N) is 1. The minimum Gasteiger partial charge on any atom is -0.389 e. The van der Waals surface area contributed by atoms with Crippen LogP contribution in [-0.4, -0.2) is 52.7 Å². The maximum atomic E-state index is 11.7. The molecule has 0 spiro atoms. The van der Waals surface area contributed by atoms with Crippen molar-refractivity contribution in [2.24, 2.45) is 0 Å². The van der Waals surface area contributed by atoms with Gasteiger partial charge in [0.2, 0.25) is 0 Å². The molecule has 0 bridgehead atoms. The fourth-order valence-corrected chi connectivity index (χ4v) is 2.75. The number of aliphatic hydroxyl groups is 2. The van der Waals surface area contributed by atoms with Crippen LogP contribution in [0.1, 0.15) is 22.5 Å². The number of hydrogen-bond donors (Lipinski definition) is 2. The third kappa shape index (κ3) is 3.35. The predicted octanol–water partition coefficient (Wildman–Crippen LogP) is 0.748. The van der Waals surface area contributed by atoms with Gasteiger partial charge >= 0.3 is 0 Å². The van der Waals surface area contributed by atoms with Gasteiger partial charge in [-0.05, 0) is 24.4 Å². The van der Waals surface area contributed by atoms with Crippen molar-refractivity contribution in [3.8, 4) is 0 Å². The van der Waals surface area contributed by atoms with Crippen molar-refractivity contribution < 1.29 is 15.0 Å². The van der Waals surface area contributed by atoms with E-state index in [0.29, 0.717) is 19.5 Å². The van der Waals surface area contributed by atoms with Gasteiger partial charge in [0, 0.05) is 19.5 Å². The van der Waals surface area contributed by atoms with Gasteiger partial charge in [-0.1, -0.05) is 6.07 Å². The Hall–Kier alpha value is -0.750. The van der Waals surface area contributed by atoms with Crippen molar-refractivity contribution in [3.05, 3.63) is 22.4 Å². The first-order valence-corrected chi connectivity index (χ1v) is 6.70. The molecule has 4 nitrogen and oxygen atoms in total. The van der Waals surface area contributed by atoms with Crippen LogP contribution in [0, 0.1) is 0 Å². The summed E-state index contributed by atoms with van der Waals surface area (Å²) >= 11 is 1.47. The molecule has 1 aliphatic heterocycles. The minimum absolute atomic E-state index is 0.181. The maximum absolute atomic E-state index is 11.7. The lowest BCUT2D eigenvalue weighted by molar-refractivity contribution is 0.0572. The zero-order valence-corrected chi connectivity index (χ0v) is 10.4. The van der Waals surface area contributed by atoms with Crippen LogP contribution in [-0.2, 0) is 0 Å². The summed E-state index contributed by atoms with van der Waals surface area (Å²) in [6, 6.07) is 3.72. The lowest BCUT2D eigenvalue weighted by Crippen LogP contribution is -2.23. The van der Waals surface area contributed by atoms with E-state index < -0.39 is 12.2 Å². The molecule has 0 aromatic carbocycles. The highest BCUT2D eigenvalue weighted by Gasteiger charge is 2.28. The molecular weight excluding hydrogens is 238 g/mol. The molecule has 2 N–H and O–H groups in total. The number of Topliss-reactive ketones (excluding diaryl/α,β-unsaturated/α-hetero) is 1. The standard InChI is InChI=1S/C12H17NO3S/c14-9(12-4-2-6-17-12)3-1-5-13-7-10(15)11(16)8-13/h2,4,6,10-11,15-16H,1,3,5,7-8H2. The molecule has 1 aromatic rings. The van der Waals surface area contributed by atoms with Crippen LogP contribution in [0.25, 0.3) is 0 Å². The van der Waals surface area contributed by atoms with Gasteiger partial charge in [0.1, 0.15) is 0 Å². The molecule has 1 fully saturated rings. The Bertz CT molecular complexity index is 356. The highest BCUT2D eigenvalue weighted by Crippen LogP contribution is 2.14. The second-order valence-corrected chi connectivity index (χ2v) is 5.35. The number of rotatable bonds is 5. The second-order valence-electron chi connectivity index (χ2n) is 4.40. The summed E-state index contributed by atoms with van der Waals surface area (Å²) in [5.74, 6) is 0.181. The number of hydrogen-bond acceptors (Lipinski definition) is 5. The average Bonchev–Trinajstić information content (AvgIpc) is 2.90. The first-order valence-electron chi connectivity index (χ1n) is 5.82. The van der Waals surface area contributed by atoms with E-state index in [1.807, 2.05) is 22.4 Å². The molecule has 2 atom stereocenters. The molecule has 0 amide bonds. The quantitative estimate of drug-likeness (QED) is 0.762. The monoisotopic (exact) mass is 255 g/mol. The van der Waals surface area contributed by atoms with E-state index in [1.165, 1.54) is 11.3 Å². The summed E-state index contributed by atoms with van der Waals surface area (Å²) in [6.07, 6.45) is 0.0327. The Labute approximate surface area is 104 Å². The molecule has 17 heavy (non-hydrogen) atoms. The van der Waals surface area contributed by atoms with Gasteiger partial charge in [-0.3, -0.25) is 9.69 Å². The van der Waals surface area contributed by atoms with Crippen molar-refractivity contribution in [1.29, 1.82) is 0 Å². The topological polar surface area (TPSA) is 60.8 Å². The van der Waals surface area contributed by atoms with E-state index in [2.05, 4.69) is 0 Å². The van der Waals surface area contributed by atoms with E-state index in [4.69, 9.17) is 0 Å². The smallest absolute Gasteiger partial charge is 0.172 e. The third-order valence-corrected chi connectivity index (χ3v) is 3.92. The molecule has 1 aromatic heterocycles. The Morgan fingerprint density at radius 1 is 1.41 bits per heavy atom. The number of aliphatic hydroxyl groups excluding tert-OH is 2. The zero-order chi connectivity index (χ0) is 12.3. The molecule has 2 heterocycles. The van der Waals surface area contributed by atoms with Gasteiger partial charge in [0.15, 0.2) is 5.78 Å². The normalized spacial score (nSPS) is 25.3. The Morgan fingerprint density at radius 2 is 2.12 bits per heavy atom. The number of likely N-dealkylation sites (tertiary alicyclic amines) is 1. The van der Waals surface area contributed by atoms with E-state index in [1.54, 1.807) is 0 Å². The molecule has 5 heteroatoms. The fraction of sp³-hybridized carbons (Fsp3) is 0.583. The first-order chi connectivity index (χ1) is 8.16. The summed E-state index contributed by atoms with van der Waals surface area (Å²) in [5, 5.41) is 20.6. The molecular formula is C12H17NO3S. The van der Waals surface area contributed by atoms with Crippen LogP contribution in [0.5, 0.6) is 0 Å².